The highest BCUT2D eigenvalue weighted by atomic mass is 32.3. The van der Waals surface area contributed by atoms with Crippen LogP contribution in [0.15, 0.2) is 106 Å². The van der Waals surface area contributed by atoms with Gasteiger partial charge in [0.05, 0.1) is 0 Å². The Morgan fingerprint density at radius 3 is 1.27 bits per heavy atom. The lowest BCUT2D eigenvalue weighted by atomic mass is 10.4. The van der Waals surface area contributed by atoms with Crippen LogP contribution in [0.25, 0.3) is 0 Å². The van der Waals surface area contributed by atoms with E-state index in [2.05, 4.69) is 72.8 Å². The lowest BCUT2D eigenvalue weighted by Gasteiger charge is -2.32. The van der Waals surface area contributed by atoms with E-state index in [0.717, 1.165) is 12.7 Å². The molecule has 0 aromatic heterocycles. The van der Waals surface area contributed by atoms with E-state index in [1.807, 2.05) is 53.5 Å². The summed E-state index contributed by atoms with van der Waals surface area (Å²) in [5.41, 5.74) is 0. The average molecular weight is 397 g/mol. The summed E-state index contributed by atoms with van der Waals surface area (Å²) in [4.78, 5) is 14.8. The first kappa shape index (κ1) is 19.2. The molecule has 0 N–H and O–H groups in total. The Labute approximate surface area is 168 Å². The molecule has 0 radical (unpaired) electrons. The number of benzene rings is 3. The minimum absolute atomic E-state index is 0.217. The van der Waals surface area contributed by atoms with Gasteiger partial charge in [-0.2, -0.15) is 0 Å². The van der Waals surface area contributed by atoms with Gasteiger partial charge < -0.3 is 4.79 Å². The fraction of sp³-hybridized carbons (Fsp3) is 0.136. The van der Waals surface area contributed by atoms with Crippen molar-refractivity contribution in [2.24, 2.45) is 0 Å². The minimum Gasteiger partial charge on any atom is -0.303 e. The highest BCUT2D eigenvalue weighted by molar-refractivity contribution is 8.33. The molecule has 1 nitrogen and oxygen atoms in total. The molecule has 0 aliphatic rings. The molecule has 4 heteroatoms. The maximum Gasteiger partial charge on any atom is 0.120 e. The van der Waals surface area contributed by atoms with Gasteiger partial charge in [0.15, 0.2) is 0 Å². The number of aldehydes is 1. The van der Waals surface area contributed by atoms with Crippen LogP contribution < -0.4 is 0 Å². The third kappa shape index (κ3) is 5.70. The first-order valence-electron chi connectivity index (χ1n) is 8.45. The second-order valence-corrected chi connectivity index (χ2v) is 10.5. The van der Waals surface area contributed by atoms with Gasteiger partial charge >= 0.3 is 0 Å². The van der Waals surface area contributed by atoms with Gasteiger partial charge in [-0.25, -0.2) is 0 Å². The van der Waals surface area contributed by atoms with Crippen LogP contribution in [0.2, 0.25) is 0 Å². The Hall–Kier alpha value is -1.62. The van der Waals surface area contributed by atoms with E-state index in [-0.39, 0.29) is 3.41 Å². The molecule has 3 aromatic carbocycles. The summed E-state index contributed by atoms with van der Waals surface area (Å²) >= 11 is 5.50. The van der Waals surface area contributed by atoms with Gasteiger partial charge in [-0.15, -0.1) is 0 Å². The quantitative estimate of drug-likeness (QED) is 0.220. The van der Waals surface area contributed by atoms with E-state index in [4.69, 9.17) is 0 Å². The Bertz CT molecular complexity index is 690. The van der Waals surface area contributed by atoms with E-state index < -0.39 is 0 Å². The molecule has 132 valence electrons. The molecule has 0 saturated heterocycles. The predicted molar refractivity (Wildman–Crippen MR) is 115 cm³/mol. The fourth-order valence-corrected chi connectivity index (χ4v) is 7.30. The lowest BCUT2D eigenvalue weighted by Crippen LogP contribution is -2.15. The van der Waals surface area contributed by atoms with Crippen molar-refractivity contribution in [3.63, 3.8) is 0 Å². The van der Waals surface area contributed by atoms with Crippen molar-refractivity contribution in [2.45, 2.75) is 30.9 Å². The third-order valence-corrected chi connectivity index (χ3v) is 8.19. The SMILES string of the molecule is O=CCCC(Sc1ccccc1)(Sc1ccccc1)Sc1ccccc1. The van der Waals surface area contributed by atoms with Crippen molar-refractivity contribution in [1.29, 1.82) is 0 Å². The number of thioether (sulfide) groups is 3. The molecule has 0 aliphatic heterocycles. The van der Waals surface area contributed by atoms with Crippen LogP contribution in [0, 0.1) is 0 Å². The average Bonchev–Trinajstić information content (AvgIpc) is 2.69. The summed E-state index contributed by atoms with van der Waals surface area (Å²) in [5.74, 6) is 0. The van der Waals surface area contributed by atoms with Crippen molar-refractivity contribution in [3.8, 4) is 0 Å². The van der Waals surface area contributed by atoms with E-state index >= 15 is 0 Å². The van der Waals surface area contributed by atoms with Crippen molar-refractivity contribution in [1.82, 2.24) is 0 Å². The molecular weight excluding hydrogens is 376 g/mol. The fourth-order valence-electron chi connectivity index (χ4n) is 2.46. The Kier molecular flexibility index (Phi) is 7.30. The number of hydrogen-bond donors (Lipinski definition) is 0. The molecule has 0 atom stereocenters. The predicted octanol–water partition coefficient (Wildman–Crippen LogP) is 7.00. The molecule has 3 rings (SSSR count). The molecule has 0 heterocycles. The Morgan fingerprint density at radius 1 is 0.615 bits per heavy atom. The van der Waals surface area contributed by atoms with Crippen molar-refractivity contribution < 1.29 is 4.79 Å². The zero-order valence-electron chi connectivity index (χ0n) is 14.3. The van der Waals surface area contributed by atoms with Crippen molar-refractivity contribution in [3.05, 3.63) is 91.0 Å². The molecule has 0 amide bonds. The number of carbonyl (C=O) groups is 1. The minimum atomic E-state index is -0.217. The summed E-state index contributed by atoms with van der Waals surface area (Å²) in [7, 11) is 0. The van der Waals surface area contributed by atoms with Crippen LogP contribution in [-0.4, -0.2) is 9.70 Å². The number of rotatable bonds is 9. The zero-order chi connectivity index (χ0) is 18.1. The molecule has 0 spiro atoms. The first-order valence-corrected chi connectivity index (χ1v) is 10.9. The standard InChI is InChI=1S/C22H20OS3/c23-18-10-17-22(24-19-11-4-1-5-12-19,25-20-13-6-2-7-14-20)26-21-15-8-3-9-16-21/h1-9,11-16,18H,10,17H2. The maximum atomic E-state index is 11.2. The van der Waals surface area contributed by atoms with Gasteiger partial charge in [-0.1, -0.05) is 89.9 Å². The lowest BCUT2D eigenvalue weighted by molar-refractivity contribution is -0.107. The zero-order valence-corrected chi connectivity index (χ0v) is 16.7. The number of hydrogen-bond acceptors (Lipinski definition) is 4. The van der Waals surface area contributed by atoms with E-state index in [1.165, 1.54) is 14.7 Å². The highest BCUT2D eigenvalue weighted by Gasteiger charge is 2.34. The van der Waals surface area contributed by atoms with Gasteiger partial charge in [0.2, 0.25) is 0 Å². The largest absolute Gasteiger partial charge is 0.303 e. The van der Waals surface area contributed by atoms with Gasteiger partial charge in [-0.3, -0.25) is 0 Å². The smallest absolute Gasteiger partial charge is 0.120 e. The van der Waals surface area contributed by atoms with E-state index in [0.29, 0.717) is 6.42 Å². The highest BCUT2D eigenvalue weighted by Crippen LogP contribution is 2.57. The molecule has 26 heavy (non-hydrogen) atoms. The van der Waals surface area contributed by atoms with Crippen LogP contribution in [0.4, 0.5) is 0 Å². The second kappa shape index (κ2) is 9.91. The monoisotopic (exact) mass is 396 g/mol. The van der Waals surface area contributed by atoms with E-state index in [9.17, 15) is 4.79 Å². The van der Waals surface area contributed by atoms with Crippen LogP contribution >= 0.6 is 35.3 Å². The summed E-state index contributed by atoms with van der Waals surface area (Å²) in [6.45, 7) is 0. The summed E-state index contributed by atoms with van der Waals surface area (Å²) in [6, 6.07) is 31.3. The first-order chi connectivity index (χ1) is 12.8. The Morgan fingerprint density at radius 2 is 0.962 bits per heavy atom. The van der Waals surface area contributed by atoms with E-state index in [1.54, 1.807) is 0 Å². The number of carbonyl (C=O) groups excluding carboxylic acids is 1. The van der Waals surface area contributed by atoms with Gasteiger partial charge in [0.25, 0.3) is 0 Å². The summed E-state index contributed by atoms with van der Waals surface area (Å²) in [6.07, 6.45) is 2.35. The third-order valence-electron chi connectivity index (χ3n) is 3.62. The topological polar surface area (TPSA) is 17.1 Å². The molecule has 3 aromatic rings. The van der Waals surface area contributed by atoms with Crippen molar-refractivity contribution in [2.75, 3.05) is 0 Å². The molecule has 0 unspecified atom stereocenters. The molecule has 0 saturated carbocycles. The van der Waals surface area contributed by atoms with Gasteiger partial charge in [-0.05, 0) is 42.8 Å². The summed E-state index contributed by atoms with van der Waals surface area (Å²) in [5, 5.41) is 0. The molecular formula is C22H20OS3. The van der Waals surface area contributed by atoms with Gasteiger partial charge in [0, 0.05) is 21.1 Å². The maximum absolute atomic E-state index is 11.2. The second-order valence-electron chi connectivity index (χ2n) is 5.63. The molecule has 0 fully saturated rings. The summed E-state index contributed by atoms with van der Waals surface area (Å²) < 4.78 is -0.217. The molecule has 0 bridgehead atoms. The van der Waals surface area contributed by atoms with Crippen LogP contribution in [0.5, 0.6) is 0 Å². The van der Waals surface area contributed by atoms with Crippen LogP contribution in [0.3, 0.4) is 0 Å². The van der Waals surface area contributed by atoms with Crippen LogP contribution in [0.1, 0.15) is 12.8 Å². The molecule has 0 aliphatic carbocycles. The van der Waals surface area contributed by atoms with Gasteiger partial charge in [0.1, 0.15) is 9.70 Å². The Balaban J connectivity index is 1.95. The van der Waals surface area contributed by atoms with Crippen LogP contribution in [-0.2, 0) is 4.79 Å². The van der Waals surface area contributed by atoms with Crippen molar-refractivity contribution >= 4 is 41.6 Å². The normalized spacial score (nSPS) is 11.2.